The minimum absolute atomic E-state index is 0.730. The van der Waals surface area contributed by atoms with Crippen LogP contribution in [0.2, 0.25) is 5.02 Å². The third kappa shape index (κ3) is 2.93. The lowest BCUT2D eigenvalue weighted by molar-refractivity contribution is 1.13. The van der Waals surface area contributed by atoms with Gasteiger partial charge < -0.3 is 5.32 Å². The van der Waals surface area contributed by atoms with E-state index in [-0.39, 0.29) is 0 Å². The molecule has 0 fully saturated rings. The summed E-state index contributed by atoms with van der Waals surface area (Å²) in [4.78, 5) is 4.14. The van der Waals surface area contributed by atoms with Crippen LogP contribution in [0.25, 0.3) is 0 Å². The third-order valence-electron chi connectivity index (χ3n) is 1.86. The van der Waals surface area contributed by atoms with E-state index in [2.05, 4.69) is 26.2 Å². The van der Waals surface area contributed by atoms with Gasteiger partial charge in [0, 0.05) is 22.6 Å². The summed E-state index contributed by atoms with van der Waals surface area (Å²) in [5.74, 6) is 0. The summed E-state index contributed by atoms with van der Waals surface area (Å²) in [7, 11) is 0. The predicted molar refractivity (Wildman–Crippen MR) is 68.6 cm³/mol. The van der Waals surface area contributed by atoms with Gasteiger partial charge in [-0.15, -0.1) is 11.3 Å². The fraction of sp³-hybridized carbons (Fsp3) is 0.100. The Balaban J connectivity index is 2.02. The largest absolute Gasteiger partial charge is 0.357 e. The Labute approximate surface area is 105 Å². The van der Waals surface area contributed by atoms with Crippen molar-refractivity contribution in [2.45, 2.75) is 6.54 Å². The van der Waals surface area contributed by atoms with Gasteiger partial charge in [-0.2, -0.15) is 0 Å². The first-order chi connectivity index (χ1) is 7.25. The average Bonchev–Trinajstić information content (AvgIpc) is 2.73. The maximum absolute atomic E-state index is 5.90. The molecular weight excluding hydrogens is 296 g/mol. The van der Waals surface area contributed by atoms with E-state index in [1.807, 2.05) is 23.6 Å². The van der Waals surface area contributed by atoms with Crippen LogP contribution >= 0.6 is 38.9 Å². The Bertz CT molecular complexity index is 445. The first-order valence-electron chi connectivity index (χ1n) is 4.33. The summed E-state index contributed by atoms with van der Waals surface area (Å²) in [5, 5.41) is 6.84. The first-order valence-corrected chi connectivity index (χ1v) is 6.38. The molecule has 2 nitrogen and oxygen atoms in total. The first kappa shape index (κ1) is 10.9. The van der Waals surface area contributed by atoms with Crippen molar-refractivity contribution < 1.29 is 0 Å². The van der Waals surface area contributed by atoms with Crippen LogP contribution in [0.3, 0.4) is 0 Å². The molecule has 1 aromatic heterocycles. The number of benzene rings is 1. The van der Waals surface area contributed by atoms with Crippen LogP contribution in [0.5, 0.6) is 0 Å². The Hall–Kier alpha value is -0.580. The van der Waals surface area contributed by atoms with Crippen molar-refractivity contribution in [2.75, 3.05) is 5.32 Å². The topological polar surface area (TPSA) is 24.9 Å². The number of hydrogen-bond acceptors (Lipinski definition) is 3. The van der Waals surface area contributed by atoms with Crippen LogP contribution in [-0.4, -0.2) is 4.98 Å². The molecule has 0 amide bonds. The Morgan fingerprint density at radius 1 is 1.47 bits per heavy atom. The maximum Gasteiger partial charge on any atom is 0.182 e. The van der Waals surface area contributed by atoms with Gasteiger partial charge in [-0.25, -0.2) is 4.98 Å². The van der Waals surface area contributed by atoms with Gasteiger partial charge in [0.05, 0.1) is 5.02 Å². The molecule has 0 aliphatic heterocycles. The van der Waals surface area contributed by atoms with Crippen LogP contribution in [0, 0.1) is 0 Å². The number of aromatic nitrogens is 1. The molecule has 0 spiro atoms. The van der Waals surface area contributed by atoms with Crippen LogP contribution in [0.4, 0.5) is 5.13 Å². The van der Waals surface area contributed by atoms with Crippen LogP contribution in [-0.2, 0) is 6.54 Å². The zero-order valence-electron chi connectivity index (χ0n) is 7.71. The summed E-state index contributed by atoms with van der Waals surface area (Å²) < 4.78 is 0.919. The highest BCUT2D eigenvalue weighted by Gasteiger charge is 1.99. The lowest BCUT2D eigenvalue weighted by Crippen LogP contribution is -1.98. The van der Waals surface area contributed by atoms with Crippen LogP contribution < -0.4 is 5.32 Å². The van der Waals surface area contributed by atoms with Crippen molar-refractivity contribution in [3.63, 3.8) is 0 Å². The monoisotopic (exact) mass is 302 g/mol. The number of hydrogen-bond donors (Lipinski definition) is 1. The average molecular weight is 304 g/mol. The van der Waals surface area contributed by atoms with Gasteiger partial charge in [0.25, 0.3) is 0 Å². The minimum Gasteiger partial charge on any atom is -0.357 e. The van der Waals surface area contributed by atoms with Crippen LogP contribution in [0.15, 0.2) is 34.2 Å². The number of nitrogens with one attached hydrogen (secondary N) is 1. The molecule has 0 atom stereocenters. The number of halogens is 2. The SMILES string of the molecule is Clc1ccc(CNc2nccs2)cc1Br. The molecule has 0 saturated heterocycles. The number of thiazole rings is 1. The summed E-state index contributed by atoms with van der Waals surface area (Å²) in [6.07, 6.45) is 1.78. The molecule has 78 valence electrons. The van der Waals surface area contributed by atoms with Gasteiger partial charge in [-0.05, 0) is 33.6 Å². The molecular formula is C10H8BrClN2S. The standard InChI is InChI=1S/C10H8BrClN2S/c11-8-5-7(1-2-9(8)12)6-14-10-13-3-4-15-10/h1-5H,6H2,(H,13,14). The van der Waals surface area contributed by atoms with Gasteiger partial charge in [0.1, 0.15) is 0 Å². The predicted octanol–water partition coefficient (Wildman–Crippen LogP) is 4.17. The highest BCUT2D eigenvalue weighted by atomic mass is 79.9. The van der Waals surface area contributed by atoms with Gasteiger partial charge in [-0.1, -0.05) is 17.7 Å². The smallest absolute Gasteiger partial charge is 0.182 e. The van der Waals surface area contributed by atoms with Crippen LogP contribution in [0.1, 0.15) is 5.56 Å². The van der Waals surface area contributed by atoms with Gasteiger partial charge in [0.15, 0.2) is 5.13 Å². The Kier molecular flexibility index (Phi) is 3.61. The number of rotatable bonds is 3. The third-order valence-corrected chi connectivity index (χ3v) is 3.80. The molecule has 0 unspecified atom stereocenters. The zero-order valence-corrected chi connectivity index (χ0v) is 10.9. The van der Waals surface area contributed by atoms with E-state index in [9.17, 15) is 0 Å². The second-order valence-corrected chi connectivity index (χ2v) is 5.10. The molecule has 2 rings (SSSR count). The molecule has 5 heteroatoms. The van der Waals surface area contributed by atoms with Crippen molar-refractivity contribution in [3.05, 3.63) is 44.8 Å². The maximum atomic E-state index is 5.90. The summed E-state index contributed by atoms with van der Waals surface area (Å²) in [5.41, 5.74) is 1.17. The molecule has 2 aromatic rings. The van der Waals surface area contributed by atoms with Crippen molar-refractivity contribution in [1.82, 2.24) is 4.98 Å². The molecule has 1 heterocycles. The minimum atomic E-state index is 0.730. The summed E-state index contributed by atoms with van der Waals surface area (Å²) in [6, 6.07) is 5.88. The van der Waals surface area contributed by atoms with E-state index in [1.165, 1.54) is 5.56 Å². The number of nitrogens with zero attached hydrogens (tertiary/aromatic N) is 1. The lowest BCUT2D eigenvalue weighted by atomic mass is 10.2. The van der Waals surface area contributed by atoms with Crippen molar-refractivity contribution in [3.8, 4) is 0 Å². The van der Waals surface area contributed by atoms with E-state index >= 15 is 0 Å². The van der Waals surface area contributed by atoms with E-state index in [0.717, 1.165) is 21.2 Å². The second-order valence-electron chi connectivity index (χ2n) is 2.94. The molecule has 15 heavy (non-hydrogen) atoms. The van der Waals surface area contributed by atoms with Crippen molar-refractivity contribution in [1.29, 1.82) is 0 Å². The van der Waals surface area contributed by atoms with E-state index < -0.39 is 0 Å². The van der Waals surface area contributed by atoms with E-state index in [0.29, 0.717) is 0 Å². The van der Waals surface area contributed by atoms with Gasteiger partial charge in [-0.3, -0.25) is 0 Å². The lowest BCUT2D eigenvalue weighted by Gasteiger charge is -2.04. The summed E-state index contributed by atoms with van der Waals surface area (Å²) in [6.45, 7) is 0.753. The molecule has 0 saturated carbocycles. The number of anilines is 1. The molecule has 0 aliphatic carbocycles. The Morgan fingerprint density at radius 2 is 2.33 bits per heavy atom. The van der Waals surface area contributed by atoms with E-state index in [1.54, 1.807) is 17.5 Å². The van der Waals surface area contributed by atoms with Crippen molar-refractivity contribution in [2.24, 2.45) is 0 Å². The zero-order chi connectivity index (χ0) is 10.7. The fourth-order valence-corrected chi connectivity index (χ4v) is 2.21. The van der Waals surface area contributed by atoms with Gasteiger partial charge >= 0.3 is 0 Å². The normalized spacial score (nSPS) is 10.3. The molecule has 1 aromatic carbocycles. The van der Waals surface area contributed by atoms with E-state index in [4.69, 9.17) is 11.6 Å². The Morgan fingerprint density at radius 3 is 3.00 bits per heavy atom. The highest BCUT2D eigenvalue weighted by Crippen LogP contribution is 2.23. The highest BCUT2D eigenvalue weighted by molar-refractivity contribution is 9.10. The summed E-state index contributed by atoms with van der Waals surface area (Å²) >= 11 is 10.9. The van der Waals surface area contributed by atoms with Crippen molar-refractivity contribution >= 4 is 44.0 Å². The fourth-order valence-electron chi connectivity index (χ4n) is 1.14. The molecule has 0 bridgehead atoms. The molecule has 0 radical (unpaired) electrons. The quantitative estimate of drug-likeness (QED) is 0.920. The molecule has 0 aliphatic rings. The van der Waals surface area contributed by atoms with Gasteiger partial charge in [0.2, 0.25) is 0 Å². The second kappa shape index (κ2) is 4.96. The molecule has 1 N–H and O–H groups in total.